The third-order valence-electron chi connectivity index (χ3n) is 2.06. The molecule has 17 heavy (non-hydrogen) atoms. The van der Waals surface area contributed by atoms with E-state index in [4.69, 9.17) is 0 Å². The number of nitrogens with zero attached hydrogens (tertiary/aromatic N) is 3. The fraction of sp³-hybridized carbons (Fsp3) is 0.182. The van der Waals surface area contributed by atoms with E-state index < -0.39 is 0 Å². The van der Waals surface area contributed by atoms with Crippen LogP contribution in [0.25, 0.3) is 0 Å². The third-order valence-corrected chi connectivity index (χ3v) is 2.49. The summed E-state index contributed by atoms with van der Waals surface area (Å²) in [5.74, 6) is 1.33. The molecule has 0 saturated heterocycles. The Bertz CT molecular complexity index is 529. The number of aryl methyl sites for hydroxylation is 1. The lowest BCUT2D eigenvalue weighted by atomic mass is 10.4. The summed E-state index contributed by atoms with van der Waals surface area (Å²) >= 11 is 3.37. The van der Waals surface area contributed by atoms with Crippen LogP contribution in [0.4, 0.5) is 17.5 Å². The van der Waals surface area contributed by atoms with Gasteiger partial charge in [0.1, 0.15) is 5.82 Å². The molecule has 0 atom stereocenters. The van der Waals surface area contributed by atoms with Crippen LogP contribution in [-0.4, -0.2) is 22.0 Å². The SMILES string of the molecule is CNc1nc(C)cc(Nc2cncc(Br)c2)n1. The maximum atomic E-state index is 4.30. The lowest BCUT2D eigenvalue weighted by Gasteiger charge is -2.08. The van der Waals surface area contributed by atoms with Crippen LogP contribution in [0.5, 0.6) is 0 Å². The zero-order chi connectivity index (χ0) is 12.3. The van der Waals surface area contributed by atoms with E-state index >= 15 is 0 Å². The van der Waals surface area contributed by atoms with Crippen LogP contribution in [0.2, 0.25) is 0 Å². The average Bonchev–Trinajstić information content (AvgIpc) is 2.28. The van der Waals surface area contributed by atoms with Gasteiger partial charge in [-0.2, -0.15) is 4.98 Å². The van der Waals surface area contributed by atoms with Gasteiger partial charge >= 0.3 is 0 Å². The summed E-state index contributed by atoms with van der Waals surface area (Å²) in [6.07, 6.45) is 3.47. The molecule has 0 aliphatic rings. The normalized spacial score (nSPS) is 10.1. The van der Waals surface area contributed by atoms with Crippen molar-refractivity contribution in [3.8, 4) is 0 Å². The highest BCUT2D eigenvalue weighted by atomic mass is 79.9. The van der Waals surface area contributed by atoms with Crippen molar-refractivity contribution in [2.45, 2.75) is 6.92 Å². The van der Waals surface area contributed by atoms with Crippen molar-refractivity contribution < 1.29 is 0 Å². The topological polar surface area (TPSA) is 62.7 Å². The largest absolute Gasteiger partial charge is 0.357 e. The number of nitrogens with one attached hydrogen (secondary N) is 2. The van der Waals surface area contributed by atoms with Gasteiger partial charge in [0.2, 0.25) is 5.95 Å². The molecule has 2 aromatic heterocycles. The highest BCUT2D eigenvalue weighted by Gasteiger charge is 2.01. The number of aromatic nitrogens is 3. The van der Waals surface area contributed by atoms with Crippen molar-refractivity contribution in [3.63, 3.8) is 0 Å². The Labute approximate surface area is 108 Å². The van der Waals surface area contributed by atoms with E-state index in [9.17, 15) is 0 Å². The fourth-order valence-corrected chi connectivity index (χ4v) is 1.74. The maximum absolute atomic E-state index is 4.30. The summed E-state index contributed by atoms with van der Waals surface area (Å²) in [4.78, 5) is 12.6. The molecule has 0 saturated carbocycles. The zero-order valence-corrected chi connectivity index (χ0v) is 11.1. The van der Waals surface area contributed by atoms with E-state index in [0.717, 1.165) is 21.7 Å². The first-order valence-corrected chi connectivity index (χ1v) is 5.87. The van der Waals surface area contributed by atoms with E-state index in [0.29, 0.717) is 5.95 Å². The van der Waals surface area contributed by atoms with Crippen molar-refractivity contribution in [1.82, 2.24) is 15.0 Å². The number of rotatable bonds is 3. The minimum atomic E-state index is 0.593. The third kappa shape index (κ3) is 3.13. The Morgan fingerprint density at radius 1 is 1.18 bits per heavy atom. The van der Waals surface area contributed by atoms with Crippen LogP contribution in [-0.2, 0) is 0 Å². The number of anilines is 3. The van der Waals surface area contributed by atoms with Gasteiger partial charge in [0.25, 0.3) is 0 Å². The fourth-order valence-electron chi connectivity index (χ4n) is 1.37. The van der Waals surface area contributed by atoms with Crippen LogP contribution in [0, 0.1) is 6.92 Å². The molecule has 88 valence electrons. The van der Waals surface area contributed by atoms with E-state index in [-0.39, 0.29) is 0 Å². The molecule has 0 bridgehead atoms. The molecule has 0 radical (unpaired) electrons. The Morgan fingerprint density at radius 2 is 2.00 bits per heavy atom. The van der Waals surface area contributed by atoms with Crippen LogP contribution in [0.15, 0.2) is 29.0 Å². The summed E-state index contributed by atoms with van der Waals surface area (Å²) < 4.78 is 0.919. The predicted octanol–water partition coefficient (Wildman–Crippen LogP) is 2.73. The lowest BCUT2D eigenvalue weighted by Crippen LogP contribution is -2.02. The first kappa shape index (κ1) is 11.8. The zero-order valence-electron chi connectivity index (χ0n) is 9.53. The van der Waals surface area contributed by atoms with Gasteiger partial charge in [0.15, 0.2) is 0 Å². The molecule has 0 aliphatic carbocycles. The van der Waals surface area contributed by atoms with Crippen molar-refractivity contribution in [2.24, 2.45) is 0 Å². The number of hydrogen-bond donors (Lipinski definition) is 2. The number of hydrogen-bond acceptors (Lipinski definition) is 5. The van der Waals surface area contributed by atoms with Crippen LogP contribution in [0.3, 0.4) is 0 Å². The van der Waals surface area contributed by atoms with Crippen molar-refractivity contribution in [2.75, 3.05) is 17.7 Å². The Kier molecular flexibility index (Phi) is 3.53. The highest BCUT2D eigenvalue weighted by molar-refractivity contribution is 9.10. The molecular weight excluding hydrogens is 282 g/mol. The van der Waals surface area contributed by atoms with Crippen molar-refractivity contribution in [1.29, 1.82) is 0 Å². The Hall–Kier alpha value is -1.69. The molecule has 0 fully saturated rings. The lowest BCUT2D eigenvalue weighted by molar-refractivity contribution is 1.10. The predicted molar refractivity (Wildman–Crippen MR) is 71.5 cm³/mol. The van der Waals surface area contributed by atoms with Gasteiger partial charge in [-0.05, 0) is 28.9 Å². The monoisotopic (exact) mass is 293 g/mol. The van der Waals surface area contributed by atoms with E-state index in [1.807, 2.05) is 19.1 Å². The van der Waals surface area contributed by atoms with Crippen LogP contribution < -0.4 is 10.6 Å². The van der Waals surface area contributed by atoms with Crippen molar-refractivity contribution in [3.05, 3.63) is 34.7 Å². The standard InChI is InChI=1S/C11H12BrN5/c1-7-3-10(17-11(13-2)15-7)16-9-4-8(12)5-14-6-9/h3-6H,1-2H3,(H2,13,15,16,17). The summed E-state index contributed by atoms with van der Waals surface area (Å²) in [6.45, 7) is 1.92. The summed E-state index contributed by atoms with van der Waals surface area (Å²) in [7, 11) is 1.79. The second-order valence-electron chi connectivity index (χ2n) is 3.49. The molecule has 6 heteroatoms. The molecule has 0 spiro atoms. The molecule has 2 heterocycles. The smallest absolute Gasteiger partial charge is 0.224 e. The molecule has 2 N–H and O–H groups in total. The minimum Gasteiger partial charge on any atom is -0.357 e. The molecule has 0 unspecified atom stereocenters. The second kappa shape index (κ2) is 5.09. The highest BCUT2D eigenvalue weighted by Crippen LogP contribution is 2.18. The summed E-state index contributed by atoms with van der Waals surface area (Å²) in [5.41, 5.74) is 1.77. The van der Waals surface area contributed by atoms with E-state index in [1.165, 1.54) is 0 Å². The van der Waals surface area contributed by atoms with Gasteiger partial charge in [-0.15, -0.1) is 0 Å². The van der Waals surface area contributed by atoms with Gasteiger partial charge < -0.3 is 10.6 Å². The van der Waals surface area contributed by atoms with Gasteiger partial charge in [-0.25, -0.2) is 4.98 Å². The van der Waals surface area contributed by atoms with Gasteiger partial charge in [0.05, 0.1) is 11.9 Å². The number of pyridine rings is 1. The van der Waals surface area contributed by atoms with E-state index in [1.54, 1.807) is 19.4 Å². The van der Waals surface area contributed by atoms with Gasteiger partial charge in [0, 0.05) is 29.5 Å². The molecule has 0 aromatic carbocycles. The van der Waals surface area contributed by atoms with E-state index in [2.05, 4.69) is 41.5 Å². The molecule has 5 nitrogen and oxygen atoms in total. The molecule has 2 rings (SSSR count). The summed E-state index contributed by atoms with van der Waals surface area (Å²) in [6, 6.07) is 3.81. The molecule has 0 aliphatic heterocycles. The molecule has 2 aromatic rings. The Morgan fingerprint density at radius 3 is 2.71 bits per heavy atom. The van der Waals surface area contributed by atoms with Gasteiger partial charge in [-0.3, -0.25) is 4.98 Å². The van der Waals surface area contributed by atoms with Gasteiger partial charge in [-0.1, -0.05) is 0 Å². The van der Waals surface area contributed by atoms with Crippen LogP contribution in [0.1, 0.15) is 5.69 Å². The molecule has 0 amide bonds. The number of halogens is 1. The summed E-state index contributed by atoms with van der Waals surface area (Å²) in [5, 5.41) is 6.09. The first-order chi connectivity index (χ1) is 8.17. The Balaban J connectivity index is 2.26. The quantitative estimate of drug-likeness (QED) is 0.911. The van der Waals surface area contributed by atoms with Crippen molar-refractivity contribution >= 4 is 33.4 Å². The maximum Gasteiger partial charge on any atom is 0.224 e. The molecular formula is C11H12BrN5. The second-order valence-corrected chi connectivity index (χ2v) is 4.40. The average molecular weight is 294 g/mol. The minimum absolute atomic E-state index is 0.593. The first-order valence-electron chi connectivity index (χ1n) is 5.08. The van der Waals surface area contributed by atoms with Crippen LogP contribution >= 0.6 is 15.9 Å².